The van der Waals surface area contributed by atoms with Gasteiger partial charge in [0.25, 0.3) is 0 Å². The van der Waals surface area contributed by atoms with Crippen LogP contribution < -0.4 is 10.1 Å². The summed E-state index contributed by atoms with van der Waals surface area (Å²) in [6.45, 7) is 0.768. The van der Waals surface area contributed by atoms with Crippen molar-refractivity contribution in [3.8, 4) is 11.8 Å². The maximum absolute atomic E-state index is 8.66. The highest BCUT2D eigenvalue weighted by molar-refractivity contribution is 9.10. The first-order valence-electron chi connectivity index (χ1n) is 6.89. The molecule has 1 heterocycles. The highest BCUT2D eigenvalue weighted by Gasteiger charge is 2.22. The summed E-state index contributed by atoms with van der Waals surface area (Å²) < 4.78 is 7.01. The molecule has 0 saturated carbocycles. The minimum atomic E-state index is 0.160. The van der Waals surface area contributed by atoms with E-state index in [0.717, 1.165) is 34.4 Å². The first-order valence-corrected chi connectivity index (χ1v) is 7.69. The van der Waals surface area contributed by atoms with Crippen LogP contribution in [0, 0.1) is 11.3 Å². The average Bonchev–Trinajstić information content (AvgIpc) is 2.89. The van der Waals surface area contributed by atoms with Crippen LogP contribution in [0.1, 0.15) is 11.1 Å². The fourth-order valence-electron chi connectivity index (χ4n) is 2.47. The van der Waals surface area contributed by atoms with Crippen LogP contribution in [-0.2, 0) is 12.8 Å². The van der Waals surface area contributed by atoms with Crippen molar-refractivity contribution in [2.75, 3.05) is 11.9 Å². The molecular weight excluding hydrogens is 328 g/mol. The van der Waals surface area contributed by atoms with Gasteiger partial charge in [-0.3, -0.25) is 0 Å². The van der Waals surface area contributed by atoms with E-state index in [0.29, 0.717) is 6.42 Å². The maximum Gasteiger partial charge on any atom is 0.123 e. The van der Waals surface area contributed by atoms with Crippen molar-refractivity contribution < 1.29 is 4.74 Å². The van der Waals surface area contributed by atoms with Gasteiger partial charge in [-0.05, 0) is 41.5 Å². The highest BCUT2D eigenvalue weighted by atomic mass is 79.9. The van der Waals surface area contributed by atoms with E-state index in [1.54, 1.807) is 0 Å². The lowest BCUT2D eigenvalue weighted by molar-refractivity contribution is 0.246. The molecule has 1 N–H and O–H groups in total. The fraction of sp³-hybridized carbons (Fsp3) is 0.235. The Morgan fingerprint density at radius 3 is 2.81 bits per heavy atom. The third kappa shape index (κ3) is 3.37. The molecule has 1 aliphatic rings. The Labute approximate surface area is 132 Å². The Kier molecular flexibility index (Phi) is 4.12. The molecule has 0 aromatic heterocycles. The van der Waals surface area contributed by atoms with Crippen LogP contribution in [0.5, 0.6) is 5.75 Å². The first kappa shape index (κ1) is 14.0. The van der Waals surface area contributed by atoms with Gasteiger partial charge in [-0.15, -0.1) is 0 Å². The molecule has 2 aromatic carbocycles. The zero-order valence-electron chi connectivity index (χ0n) is 11.5. The van der Waals surface area contributed by atoms with E-state index in [1.807, 2.05) is 36.4 Å². The minimum Gasteiger partial charge on any atom is -0.488 e. The third-order valence-corrected chi connectivity index (χ3v) is 4.03. The Morgan fingerprint density at radius 1 is 1.24 bits per heavy atom. The molecular formula is C17H15BrN2O. The number of nitrogens with zero attached hydrogens (tertiary/aromatic N) is 1. The number of nitriles is 1. The quantitative estimate of drug-likeness (QED) is 0.915. The molecule has 2 aromatic rings. The normalized spacial score (nSPS) is 15.9. The van der Waals surface area contributed by atoms with E-state index in [-0.39, 0.29) is 6.10 Å². The third-order valence-electron chi connectivity index (χ3n) is 3.53. The number of fused-ring (bicyclic) bond motifs is 1. The molecule has 0 spiro atoms. The maximum atomic E-state index is 8.66. The zero-order valence-corrected chi connectivity index (χ0v) is 13.1. The minimum absolute atomic E-state index is 0.160. The summed E-state index contributed by atoms with van der Waals surface area (Å²) >= 11 is 3.49. The molecule has 0 fully saturated rings. The molecule has 21 heavy (non-hydrogen) atoms. The molecule has 3 nitrogen and oxygen atoms in total. The molecule has 0 bridgehead atoms. The van der Waals surface area contributed by atoms with E-state index in [1.165, 1.54) is 5.56 Å². The lowest BCUT2D eigenvalue weighted by Crippen LogP contribution is -2.23. The number of halogens is 1. The van der Waals surface area contributed by atoms with Gasteiger partial charge >= 0.3 is 0 Å². The second-order valence-corrected chi connectivity index (χ2v) is 6.02. The number of nitrogens with one attached hydrogen (secondary N) is 1. The van der Waals surface area contributed by atoms with Crippen LogP contribution in [0.2, 0.25) is 0 Å². The van der Waals surface area contributed by atoms with E-state index in [4.69, 9.17) is 10.00 Å². The van der Waals surface area contributed by atoms with Gasteiger partial charge in [-0.2, -0.15) is 5.26 Å². The fourth-order valence-corrected chi connectivity index (χ4v) is 2.87. The smallest absolute Gasteiger partial charge is 0.123 e. The van der Waals surface area contributed by atoms with Crippen molar-refractivity contribution in [2.24, 2.45) is 0 Å². The van der Waals surface area contributed by atoms with Gasteiger partial charge in [0.1, 0.15) is 11.9 Å². The second kappa shape index (κ2) is 6.19. The van der Waals surface area contributed by atoms with Crippen LogP contribution in [0.15, 0.2) is 46.9 Å². The molecule has 4 heteroatoms. The largest absolute Gasteiger partial charge is 0.488 e. The lowest BCUT2D eigenvalue weighted by atomic mass is 10.1. The van der Waals surface area contributed by atoms with Gasteiger partial charge < -0.3 is 10.1 Å². The van der Waals surface area contributed by atoms with Crippen molar-refractivity contribution in [1.29, 1.82) is 5.26 Å². The Morgan fingerprint density at radius 2 is 2.05 bits per heavy atom. The molecule has 0 radical (unpaired) electrons. The molecule has 1 aliphatic heterocycles. The van der Waals surface area contributed by atoms with Crippen molar-refractivity contribution in [3.63, 3.8) is 0 Å². The number of benzene rings is 2. The van der Waals surface area contributed by atoms with Crippen molar-refractivity contribution in [2.45, 2.75) is 18.9 Å². The summed E-state index contributed by atoms with van der Waals surface area (Å²) in [5.41, 5.74) is 3.34. The summed E-state index contributed by atoms with van der Waals surface area (Å²) in [5, 5.41) is 12.0. The summed E-state index contributed by atoms with van der Waals surface area (Å²) in [4.78, 5) is 0. The number of hydrogen-bond acceptors (Lipinski definition) is 3. The predicted molar refractivity (Wildman–Crippen MR) is 86.5 cm³/mol. The highest BCUT2D eigenvalue weighted by Crippen LogP contribution is 2.31. The Balaban J connectivity index is 1.56. The molecule has 0 amide bonds. The standard InChI is InChI=1S/C17H15BrN2O/c18-14-3-6-17-13(9-14)10-16(21-17)11-20-15-4-1-12(2-5-15)7-8-19/h1-6,9,16,20H,7,10-11H2. The van der Waals surface area contributed by atoms with Gasteiger partial charge in [0.15, 0.2) is 0 Å². The topological polar surface area (TPSA) is 45.0 Å². The molecule has 0 aliphatic carbocycles. The van der Waals surface area contributed by atoms with Crippen molar-refractivity contribution in [1.82, 2.24) is 0 Å². The van der Waals surface area contributed by atoms with Crippen LogP contribution in [-0.4, -0.2) is 12.6 Å². The van der Waals surface area contributed by atoms with Gasteiger partial charge in [0.05, 0.1) is 19.0 Å². The SMILES string of the molecule is N#CCc1ccc(NCC2Cc3cc(Br)ccc3O2)cc1. The molecule has 3 rings (SSSR count). The van der Waals surface area contributed by atoms with Gasteiger partial charge in [0, 0.05) is 16.6 Å². The zero-order chi connectivity index (χ0) is 14.7. The van der Waals surface area contributed by atoms with Gasteiger partial charge in [0.2, 0.25) is 0 Å². The van der Waals surface area contributed by atoms with Crippen LogP contribution >= 0.6 is 15.9 Å². The second-order valence-electron chi connectivity index (χ2n) is 5.11. The first-order chi connectivity index (χ1) is 10.2. The predicted octanol–water partition coefficient (Wildman–Crippen LogP) is 3.93. The van der Waals surface area contributed by atoms with Gasteiger partial charge in [-0.25, -0.2) is 0 Å². The van der Waals surface area contributed by atoms with Crippen molar-refractivity contribution in [3.05, 3.63) is 58.1 Å². The lowest BCUT2D eigenvalue weighted by Gasteiger charge is -2.13. The van der Waals surface area contributed by atoms with Crippen LogP contribution in [0.25, 0.3) is 0 Å². The van der Waals surface area contributed by atoms with E-state index in [9.17, 15) is 0 Å². The summed E-state index contributed by atoms with van der Waals surface area (Å²) in [7, 11) is 0. The van der Waals surface area contributed by atoms with E-state index >= 15 is 0 Å². The van der Waals surface area contributed by atoms with Crippen molar-refractivity contribution >= 4 is 21.6 Å². The Bertz CT molecular complexity index is 676. The van der Waals surface area contributed by atoms with Gasteiger partial charge in [-0.1, -0.05) is 28.1 Å². The summed E-state index contributed by atoms with van der Waals surface area (Å²) in [6.07, 6.45) is 1.54. The average molecular weight is 343 g/mol. The van der Waals surface area contributed by atoms with Crippen LogP contribution in [0.4, 0.5) is 5.69 Å². The van der Waals surface area contributed by atoms with E-state index in [2.05, 4.69) is 33.4 Å². The number of anilines is 1. The Hall–Kier alpha value is -1.99. The van der Waals surface area contributed by atoms with E-state index < -0.39 is 0 Å². The summed E-state index contributed by atoms with van der Waals surface area (Å²) in [5.74, 6) is 0.981. The summed E-state index contributed by atoms with van der Waals surface area (Å²) in [6, 6.07) is 16.2. The molecule has 1 unspecified atom stereocenters. The number of rotatable bonds is 4. The monoisotopic (exact) mass is 342 g/mol. The molecule has 106 valence electrons. The molecule has 1 atom stereocenters. The van der Waals surface area contributed by atoms with Crippen LogP contribution in [0.3, 0.4) is 0 Å². The number of ether oxygens (including phenoxy) is 1. The molecule has 0 saturated heterocycles. The number of hydrogen-bond donors (Lipinski definition) is 1.